The molecule has 0 aliphatic heterocycles. The van der Waals surface area contributed by atoms with Gasteiger partial charge in [-0.25, -0.2) is 13.9 Å². The minimum absolute atomic E-state index is 0.137. The summed E-state index contributed by atoms with van der Waals surface area (Å²) in [6.07, 6.45) is 6.86. The number of imidazole rings is 1. The Morgan fingerprint density at radius 2 is 1.80 bits per heavy atom. The van der Waals surface area contributed by atoms with E-state index in [4.69, 9.17) is 10.5 Å². The number of carbonyl (C=O) groups excluding carboxylic acids is 2. The third kappa shape index (κ3) is 13.9. The molecule has 3 N–H and O–H groups in total. The van der Waals surface area contributed by atoms with E-state index in [1.165, 1.54) is 18.0 Å². The molecule has 1 amide bonds. The number of hydrogen-bond donors (Lipinski definition) is 2. The van der Waals surface area contributed by atoms with Crippen LogP contribution in [0.1, 0.15) is 5.56 Å². The molecule has 18 heteroatoms. The first-order valence-corrected chi connectivity index (χ1v) is 11.8. The van der Waals surface area contributed by atoms with Crippen molar-refractivity contribution in [2.75, 3.05) is 26.2 Å². The van der Waals surface area contributed by atoms with Crippen molar-refractivity contribution in [1.29, 1.82) is 0 Å². The molecule has 0 aromatic carbocycles. The Hall–Kier alpha value is -3.20. The van der Waals surface area contributed by atoms with Crippen LogP contribution in [0.2, 0.25) is 0 Å². The predicted molar refractivity (Wildman–Crippen MR) is 112 cm³/mol. The van der Waals surface area contributed by atoms with Gasteiger partial charge < -0.3 is 15.4 Å². The van der Waals surface area contributed by atoms with Crippen molar-refractivity contribution >= 4 is 19.7 Å². The molecule has 0 saturated carbocycles. The fourth-order valence-electron chi connectivity index (χ4n) is 2.53. The maximum atomic E-state index is 12.5. The molecule has 2 rings (SSSR count). The molecule has 2 heterocycles. The van der Waals surface area contributed by atoms with Crippen molar-refractivity contribution in [3.8, 4) is 0 Å². The molecule has 0 atom stereocenters. The van der Waals surface area contributed by atoms with Crippen molar-refractivity contribution < 1.29 is 44.1 Å². The summed E-state index contributed by atoms with van der Waals surface area (Å²) in [5.74, 6) is -1.04. The molecular weight excluding hydrogens is 513 g/mol. The molecule has 2 aromatic rings. The van der Waals surface area contributed by atoms with Crippen LogP contribution in [0.15, 0.2) is 34.5 Å². The number of esters is 1. The van der Waals surface area contributed by atoms with Crippen LogP contribution in [0.25, 0.3) is 0 Å². The number of aromatic nitrogens is 4. The maximum absolute atomic E-state index is 12.5. The first kappa shape index (κ1) is 29.8. The van der Waals surface area contributed by atoms with E-state index in [0.717, 1.165) is 4.57 Å². The number of rotatable bonds is 9. The van der Waals surface area contributed by atoms with Crippen LogP contribution in [0.5, 0.6) is 0 Å². The normalized spacial score (nSPS) is 13.2. The quantitative estimate of drug-likeness (QED) is 0.211. The average Bonchev–Trinajstić information content (AvgIpc) is 3.08. The molecule has 0 radical (unpaired) electrons. The molecule has 0 spiro atoms. The minimum atomic E-state index is -10.7. The summed E-state index contributed by atoms with van der Waals surface area (Å²) < 4.78 is 69.2. The summed E-state index contributed by atoms with van der Waals surface area (Å²) in [6.45, 7) is 1.88. The van der Waals surface area contributed by atoms with Gasteiger partial charge in [0.15, 0.2) is 0 Å². The number of aromatic amines is 1. The molecule has 0 aliphatic rings. The topological polar surface area (TPSA) is 136 Å². The van der Waals surface area contributed by atoms with Gasteiger partial charge >= 0.3 is 44.6 Å². The second-order valence-corrected chi connectivity index (χ2v) is 9.22. The summed E-state index contributed by atoms with van der Waals surface area (Å²) in [6, 6.07) is 0. The Balaban J connectivity index is 0.000000762. The molecule has 0 aliphatic carbocycles. The van der Waals surface area contributed by atoms with E-state index >= 15 is 0 Å². The van der Waals surface area contributed by atoms with Crippen molar-refractivity contribution in [1.82, 2.24) is 19.0 Å². The SMILES string of the molecule is Cc1cn(CC(=O)N(CCN)CC(=O)OCCn2cc[n+](C)c2)c(=O)[nH]c1=O.F[P-](F)(F)(F)(F)F. The van der Waals surface area contributed by atoms with Crippen molar-refractivity contribution in [2.24, 2.45) is 12.8 Å². The number of carbonyl (C=O) groups is 2. The summed E-state index contributed by atoms with van der Waals surface area (Å²) in [7, 11) is -8.77. The van der Waals surface area contributed by atoms with Crippen molar-refractivity contribution in [3.05, 3.63) is 51.3 Å². The monoisotopic (exact) mass is 538 g/mol. The Kier molecular flexibility index (Phi) is 9.03. The van der Waals surface area contributed by atoms with Crippen LogP contribution >= 0.6 is 7.81 Å². The molecular formula is C17H25F6N6O5P. The second-order valence-electron chi connectivity index (χ2n) is 7.30. The first-order chi connectivity index (χ1) is 15.7. The second kappa shape index (κ2) is 10.6. The van der Waals surface area contributed by atoms with Crippen molar-refractivity contribution in [3.63, 3.8) is 0 Å². The van der Waals surface area contributed by atoms with E-state index in [1.807, 2.05) is 34.9 Å². The summed E-state index contributed by atoms with van der Waals surface area (Å²) in [5.41, 5.74) is 4.62. The summed E-state index contributed by atoms with van der Waals surface area (Å²) in [5, 5.41) is 0. The van der Waals surface area contributed by atoms with E-state index in [2.05, 4.69) is 4.98 Å². The Morgan fingerprint density at radius 1 is 1.20 bits per heavy atom. The number of hydrogen-bond acceptors (Lipinski definition) is 6. The van der Waals surface area contributed by atoms with Crippen LogP contribution in [0.3, 0.4) is 0 Å². The number of aryl methyl sites for hydroxylation is 2. The van der Waals surface area contributed by atoms with Gasteiger partial charge in [-0.15, -0.1) is 0 Å². The van der Waals surface area contributed by atoms with Gasteiger partial charge in [-0.2, -0.15) is 0 Å². The Morgan fingerprint density at radius 3 is 2.31 bits per heavy atom. The van der Waals surface area contributed by atoms with E-state index in [0.29, 0.717) is 12.1 Å². The zero-order valence-electron chi connectivity index (χ0n) is 18.7. The summed E-state index contributed by atoms with van der Waals surface area (Å²) >= 11 is 0. The van der Waals surface area contributed by atoms with Gasteiger partial charge in [-0.05, 0) is 6.92 Å². The predicted octanol–water partition coefficient (Wildman–Crippen LogP) is 0.884. The Labute approximate surface area is 193 Å². The fourth-order valence-corrected chi connectivity index (χ4v) is 2.53. The fraction of sp³-hybridized carbons (Fsp3) is 0.471. The van der Waals surface area contributed by atoms with E-state index in [-0.39, 0.29) is 32.8 Å². The number of nitrogens with zero attached hydrogens (tertiary/aromatic N) is 4. The average molecular weight is 538 g/mol. The number of halogens is 6. The molecule has 35 heavy (non-hydrogen) atoms. The van der Waals surface area contributed by atoms with E-state index < -0.39 is 30.9 Å². The van der Waals surface area contributed by atoms with Gasteiger partial charge in [0.2, 0.25) is 12.2 Å². The molecule has 2 aromatic heterocycles. The molecule has 0 saturated heterocycles. The van der Waals surface area contributed by atoms with Crippen LogP contribution in [0.4, 0.5) is 25.2 Å². The number of ether oxygens (including phenoxy) is 1. The van der Waals surface area contributed by atoms with Gasteiger partial charge in [-0.3, -0.25) is 23.9 Å². The molecule has 0 bridgehead atoms. The standard InChI is InChI=1S/C17H24N6O5.F6P/c1-13-9-23(17(27)19-16(13)26)10-14(24)22(4-3-18)11-15(25)28-8-7-21-6-5-20(2)12-21;1-7(2,3,4,5)6/h5-6,9,12H,3-4,7-8,10-11,18H2,1-2H3;/q;-1/p+1. The van der Waals surface area contributed by atoms with E-state index in [9.17, 15) is 44.4 Å². The van der Waals surface area contributed by atoms with Gasteiger partial charge in [0.1, 0.15) is 38.6 Å². The third-order valence-electron chi connectivity index (χ3n) is 4.00. The zero-order valence-corrected chi connectivity index (χ0v) is 19.6. The molecule has 200 valence electrons. The third-order valence-corrected chi connectivity index (χ3v) is 4.00. The van der Waals surface area contributed by atoms with Crippen LogP contribution in [0, 0.1) is 6.92 Å². The van der Waals surface area contributed by atoms with Gasteiger partial charge in [0.05, 0.1) is 7.05 Å². The molecule has 0 fully saturated rings. The van der Waals surface area contributed by atoms with E-state index in [1.54, 1.807) is 0 Å². The van der Waals surface area contributed by atoms with Crippen molar-refractivity contribution in [2.45, 2.75) is 20.0 Å². The Bertz CT molecular complexity index is 1150. The van der Waals surface area contributed by atoms with Gasteiger partial charge in [0, 0.05) is 24.8 Å². The van der Waals surface area contributed by atoms with Crippen LogP contribution < -0.4 is 21.5 Å². The first-order valence-electron chi connectivity index (χ1n) is 9.76. The number of nitrogens with one attached hydrogen (secondary N) is 1. The number of amides is 1. The van der Waals surface area contributed by atoms with Gasteiger partial charge in [-0.1, -0.05) is 0 Å². The number of H-pyrrole nitrogens is 1. The summed E-state index contributed by atoms with van der Waals surface area (Å²) in [4.78, 5) is 51.1. The van der Waals surface area contributed by atoms with Gasteiger partial charge in [0.25, 0.3) is 5.56 Å². The zero-order chi connectivity index (χ0) is 27.1. The van der Waals surface area contributed by atoms with Crippen LogP contribution in [-0.2, 0) is 34.5 Å². The molecule has 11 nitrogen and oxygen atoms in total. The molecule has 0 unspecified atom stereocenters. The van der Waals surface area contributed by atoms with Crippen LogP contribution in [-0.4, -0.2) is 57.1 Å². The number of nitrogens with two attached hydrogens (primary N) is 1.